The van der Waals surface area contributed by atoms with Crippen molar-refractivity contribution in [3.63, 3.8) is 0 Å². The van der Waals surface area contributed by atoms with E-state index in [1.54, 1.807) is 13.2 Å². The highest BCUT2D eigenvalue weighted by molar-refractivity contribution is 6.31. The molecule has 6 heteroatoms. The van der Waals surface area contributed by atoms with E-state index in [-0.39, 0.29) is 0 Å². The summed E-state index contributed by atoms with van der Waals surface area (Å²) in [6, 6.07) is 0.553. The molecule has 0 aliphatic carbocycles. The number of nitrogens with one attached hydrogen (secondary N) is 1. The standard InChI is InChI=1S/C9H11ClN2O3/c1-5(9(14)15)11-8(13)7-3-6(10)4-12(7)2/h3-5H,1-2H3,(H,11,13)(H,14,15). The van der Waals surface area contributed by atoms with E-state index < -0.39 is 17.9 Å². The van der Waals surface area contributed by atoms with E-state index in [0.717, 1.165) is 0 Å². The van der Waals surface area contributed by atoms with Crippen LogP contribution in [0, 0.1) is 0 Å². The zero-order valence-corrected chi connectivity index (χ0v) is 9.08. The predicted molar refractivity (Wildman–Crippen MR) is 55.0 cm³/mol. The minimum atomic E-state index is -1.08. The molecule has 1 aromatic rings. The van der Waals surface area contributed by atoms with Gasteiger partial charge in [0, 0.05) is 13.2 Å². The van der Waals surface area contributed by atoms with Gasteiger partial charge in [0.15, 0.2) is 0 Å². The summed E-state index contributed by atoms with van der Waals surface area (Å²) in [5, 5.41) is 11.4. The Hall–Kier alpha value is -1.49. The summed E-state index contributed by atoms with van der Waals surface area (Å²) in [7, 11) is 1.66. The number of nitrogens with zero attached hydrogens (tertiary/aromatic N) is 1. The molecular formula is C9H11ClN2O3. The Bertz CT molecular complexity index is 400. The first-order valence-electron chi connectivity index (χ1n) is 4.27. The highest BCUT2D eigenvalue weighted by Gasteiger charge is 2.17. The van der Waals surface area contributed by atoms with Gasteiger partial charge in [-0.15, -0.1) is 0 Å². The Morgan fingerprint density at radius 2 is 2.20 bits per heavy atom. The molecule has 1 heterocycles. The van der Waals surface area contributed by atoms with E-state index in [2.05, 4.69) is 5.32 Å². The van der Waals surface area contributed by atoms with Gasteiger partial charge >= 0.3 is 5.97 Å². The molecule has 1 rings (SSSR count). The minimum Gasteiger partial charge on any atom is -0.480 e. The van der Waals surface area contributed by atoms with Crippen LogP contribution in [0.15, 0.2) is 12.3 Å². The number of aryl methyl sites for hydroxylation is 1. The Morgan fingerprint density at radius 1 is 1.60 bits per heavy atom. The van der Waals surface area contributed by atoms with Gasteiger partial charge in [-0.2, -0.15) is 0 Å². The lowest BCUT2D eigenvalue weighted by Crippen LogP contribution is -2.38. The minimum absolute atomic E-state index is 0.327. The highest BCUT2D eigenvalue weighted by atomic mass is 35.5. The van der Waals surface area contributed by atoms with Gasteiger partial charge in [-0.05, 0) is 13.0 Å². The quantitative estimate of drug-likeness (QED) is 0.810. The van der Waals surface area contributed by atoms with Gasteiger partial charge in [0.25, 0.3) is 5.91 Å². The van der Waals surface area contributed by atoms with Crippen LogP contribution in [0.1, 0.15) is 17.4 Å². The van der Waals surface area contributed by atoms with Crippen LogP contribution in [0.5, 0.6) is 0 Å². The van der Waals surface area contributed by atoms with E-state index >= 15 is 0 Å². The van der Waals surface area contributed by atoms with Crippen molar-refractivity contribution in [3.8, 4) is 0 Å². The fraction of sp³-hybridized carbons (Fsp3) is 0.333. The molecule has 0 aliphatic heterocycles. The zero-order valence-electron chi connectivity index (χ0n) is 8.32. The molecule has 2 N–H and O–H groups in total. The van der Waals surface area contributed by atoms with Gasteiger partial charge in [0.2, 0.25) is 0 Å². The number of carbonyl (C=O) groups excluding carboxylic acids is 1. The van der Waals surface area contributed by atoms with Crippen LogP contribution < -0.4 is 5.32 Å². The van der Waals surface area contributed by atoms with Crippen LogP contribution in [0.2, 0.25) is 5.02 Å². The molecule has 0 fully saturated rings. The van der Waals surface area contributed by atoms with Gasteiger partial charge in [-0.25, -0.2) is 0 Å². The van der Waals surface area contributed by atoms with Crippen molar-refractivity contribution in [1.29, 1.82) is 0 Å². The second-order valence-corrected chi connectivity index (χ2v) is 3.62. The summed E-state index contributed by atoms with van der Waals surface area (Å²) in [4.78, 5) is 22.0. The lowest BCUT2D eigenvalue weighted by molar-refractivity contribution is -0.138. The average molecular weight is 231 g/mol. The zero-order chi connectivity index (χ0) is 11.6. The summed E-state index contributed by atoms with van der Waals surface area (Å²) in [6.45, 7) is 1.39. The SMILES string of the molecule is CC(NC(=O)c1cc(Cl)cn1C)C(=O)O. The number of carboxylic acid groups (broad SMARTS) is 1. The number of rotatable bonds is 3. The van der Waals surface area contributed by atoms with Crippen LogP contribution in [-0.2, 0) is 11.8 Å². The number of aliphatic carboxylic acids is 1. The van der Waals surface area contributed by atoms with Crippen molar-refractivity contribution >= 4 is 23.5 Å². The predicted octanol–water partition coefficient (Wildman–Crippen LogP) is 0.881. The maximum Gasteiger partial charge on any atom is 0.325 e. The maximum absolute atomic E-state index is 11.5. The van der Waals surface area contributed by atoms with Crippen molar-refractivity contribution in [2.75, 3.05) is 0 Å². The topological polar surface area (TPSA) is 71.3 Å². The van der Waals surface area contributed by atoms with Crippen LogP contribution in [-0.4, -0.2) is 27.6 Å². The van der Waals surface area contributed by atoms with E-state index in [1.807, 2.05) is 0 Å². The molecule has 0 aliphatic rings. The van der Waals surface area contributed by atoms with Crippen molar-refractivity contribution in [3.05, 3.63) is 23.0 Å². The lowest BCUT2D eigenvalue weighted by atomic mass is 10.3. The van der Waals surface area contributed by atoms with Crippen LogP contribution in [0.25, 0.3) is 0 Å². The molecule has 0 saturated carbocycles. The van der Waals surface area contributed by atoms with Crippen molar-refractivity contribution in [2.24, 2.45) is 7.05 Å². The second-order valence-electron chi connectivity index (χ2n) is 3.19. The average Bonchev–Trinajstić information content (AvgIpc) is 2.44. The van der Waals surface area contributed by atoms with Gasteiger partial charge in [0.05, 0.1) is 5.02 Å². The monoisotopic (exact) mass is 230 g/mol. The summed E-state index contributed by atoms with van der Waals surface area (Å²) < 4.78 is 1.53. The first-order chi connectivity index (χ1) is 6.91. The fourth-order valence-corrected chi connectivity index (χ4v) is 1.33. The molecule has 0 saturated heterocycles. The van der Waals surface area contributed by atoms with Crippen molar-refractivity contribution in [1.82, 2.24) is 9.88 Å². The lowest BCUT2D eigenvalue weighted by Gasteiger charge is -2.09. The number of amides is 1. The van der Waals surface area contributed by atoms with Crippen LogP contribution >= 0.6 is 11.6 Å². The van der Waals surface area contributed by atoms with E-state index in [4.69, 9.17) is 16.7 Å². The van der Waals surface area contributed by atoms with Gasteiger partial charge in [0.1, 0.15) is 11.7 Å². The summed E-state index contributed by atoms with van der Waals surface area (Å²) >= 11 is 5.69. The number of carboxylic acids is 1. The first kappa shape index (κ1) is 11.6. The Kier molecular flexibility index (Phi) is 3.36. The maximum atomic E-state index is 11.5. The molecule has 82 valence electrons. The van der Waals surface area contributed by atoms with Gasteiger partial charge < -0.3 is 15.0 Å². The van der Waals surface area contributed by atoms with Gasteiger partial charge in [-0.3, -0.25) is 9.59 Å². The molecule has 0 aromatic carbocycles. The fourth-order valence-electron chi connectivity index (χ4n) is 1.08. The number of halogens is 1. The third-order valence-corrected chi connectivity index (χ3v) is 2.13. The molecule has 0 spiro atoms. The molecule has 0 radical (unpaired) electrons. The molecule has 1 unspecified atom stereocenters. The van der Waals surface area contributed by atoms with E-state index in [9.17, 15) is 9.59 Å². The smallest absolute Gasteiger partial charge is 0.325 e. The van der Waals surface area contributed by atoms with Gasteiger partial charge in [-0.1, -0.05) is 11.6 Å². The van der Waals surface area contributed by atoms with Crippen molar-refractivity contribution < 1.29 is 14.7 Å². The Morgan fingerprint density at radius 3 is 2.60 bits per heavy atom. The molecule has 5 nitrogen and oxygen atoms in total. The molecular weight excluding hydrogens is 220 g/mol. The molecule has 1 aromatic heterocycles. The Balaban J connectivity index is 2.77. The van der Waals surface area contributed by atoms with Crippen LogP contribution in [0.4, 0.5) is 0 Å². The van der Waals surface area contributed by atoms with Crippen LogP contribution in [0.3, 0.4) is 0 Å². The molecule has 1 amide bonds. The summed E-state index contributed by atoms with van der Waals surface area (Å²) in [5.74, 6) is -1.54. The largest absolute Gasteiger partial charge is 0.480 e. The number of aromatic nitrogens is 1. The Labute approximate surface area is 91.6 Å². The van der Waals surface area contributed by atoms with Crippen molar-refractivity contribution in [2.45, 2.75) is 13.0 Å². The number of carbonyl (C=O) groups is 2. The molecule has 1 atom stereocenters. The molecule has 15 heavy (non-hydrogen) atoms. The van der Waals surface area contributed by atoms with E-state index in [1.165, 1.54) is 17.6 Å². The third-order valence-electron chi connectivity index (χ3n) is 1.92. The highest BCUT2D eigenvalue weighted by Crippen LogP contribution is 2.12. The number of hydrogen-bond acceptors (Lipinski definition) is 2. The molecule has 0 bridgehead atoms. The number of hydrogen-bond donors (Lipinski definition) is 2. The normalized spacial score (nSPS) is 12.2. The summed E-state index contributed by atoms with van der Waals surface area (Å²) in [5.41, 5.74) is 0.327. The second kappa shape index (κ2) is 4.35. The summed E-state index contributed by atoms with van der Waals surface area (Å²) in [6.07, 6.45) is 1.57. The van der Waals surface area contributed by atoms with E-state index in [0.29, 0.717) is 10.7 Å². The third kappa shape index (κ3) is 2.73. The first-order valence-corrected chi connectivity index (χ1v) is 4.65.